The van der Waals surface area contributed by atoms with Gasteiger partial charge in [-0.2, -0.15) is 0 Å². The van der Waals surface area contributed by atoms with Gasteiger partial charge in [-0.05, 0) is 24.6 Å². The maximum absolute atomic E-state index is 12.2. The molecule has 0 aliphatic heterocycles. The van der Waals surface area contributed by atoms with Gasteiger partial charge in [-0.3, -0.25) is 20.2 Å². The van der Waals surface area contributed by atoms with E-state index in [4.69, 9.17) is 0 Å². The van der Waals surface area contributed by atoms with Crippen LogP contribution in [0.5, 0.6) is 0 Å². The summed E-state index contributed by atoms with van der Waals surface area (Å²) in [6, 6.07) is 10.3. The number of anilines is 1. The highest BCUT2D eigenvalue weighted by Crippen LogP contribution is 2.26. The highest BCUT2D eigenvalue weighted by Gasteiger charge is 2.12. The number of nitrogens with one attached hydrogen (secondary N) is 1. The van der Waals surface area contributed by atoms with Crippen molar-refractivity contribution in [1.82, 2.24) is 10.2 Å². The predicted molar refractivity (Wildman–Crippen MR) is 97.3 cm³/mol. The molecule has 0 saturated heterocycles. The van der Waals surface area contributed by atoms with E-state index in [1.165, 1.54) is 12.3 Å². The standard InChI is InChI=1S/C15H11N5O3S2/c1-9-4-2-3-5-11(9)13(21)17-15-19-18-14(25-15)16-8-10-6-7-12(24-10)20(22)23/h2-8H,1H3,(H,17,19,21)/b16-8+. The van der Waals surface area contributed by atoms with Crippen molar-refractivity contribution in [2.24, 2.45) is 4.99 Å². The summed E-state index contributed by atoms with van der Waals surface area (Å²) >= 11 is 2.13. The molecule has 25 heavy (non-hydrogen) atoms. The fraction of sp³-hybridized carbons (Fsp3) is 0.0667. The van der Waals surface area contributed by atoms with Crippen molar-refractivity contribution < 1.29 is 9.72 Å². The molecule has 0 bridgehead atoms. The van der Waals surface area contributed by atoms with E-state index >= 15 is 0 Å². The summed E-state index contributed by atoms with van der Waals surface area (Å²) in [6.45, 7) is 1.85. The first-order chi connectivity index (χ1) is 12.0. The van der Waals surface area contributed by atoms with E-state index in [1.54, 1.807) is 18.2 Å². The van der Waals surface area contributed by atoms with Gasteiger partial charge < -0.3 is 0 Å². The van der Waals surface area contributed by atoms with Crippen LogP contribution in [0, 0.1) is 17.0 Å². The molecule has 0 aliphatic carbocycles. The number of carbonyl (C=O) groups is 1. The Labute approximate surface area is 150 Å². The lowest BCUT2D eigenvalue weighted by Gasteiger charge is -2.03. The molecule has 0 aliphatic rings. The van der Waals surface area contributed by atoms with Crippen molar-refractivity contribution in [1.29, 1.82) is 0 Å². The molecule has 10 heteroatoms. The van der Waals surface area contributed by atoms with Crippen LogP contribution in [0.25, 0.3) is 0 Å². The maximum atomic E-state index is 12.2. The molecule has 0 fully saturated rings. The number of thiophene rings is 1. The molecule has 1 N–H and O–H groups in total. The third kappa shape index (κ3) is 4.11. The van der Waals surface area contributed by atoms with Crippen molar-refractivity contribution in [2.45, 2.75) is 6.92 Å². The smallest absolute Gasteiger partial charge is 0.296 e. The Bertz CT molecular complexity index is 963. The topological polar surface area (TPSA) is 110 Å². The average Bonchev–Trinajstić information content (AvgIpc) is 3.22. The maximum Gasteiger partial charge on any atom is 0.324 e. The molecular formula is C15H11N5O3S2. The quantitative estimate of drug-likeness (QED) is 0.415. The van der Waals surface area contributed by atoms with E-state index in [0.29, 0.717) is 20.7 Å². The molecule has 1 amide bonds. The monoisotopic (exact) mass is 373 g/mol. The van der Waals surface area contributed by atoms with E-state index in [0.717, 1.165) is 28.2 Å². The molecule has 3 rings (SSSR count). The van der Waals surface area contributed by atoms with Gasteiger partial charge in [0, 0.05) is 17.8 Å². The minimum Gasteiger partial charge on any atom is -0.296 e. The third-order valence-corrected chi connectivity index (χ3v) is 4.84. The number of nitro groups is 1. The summed E-state index contributed by atoms with van der Waals surface area (Å²) in [5.74, 6) is -0.265. The van der Waals surface area contributed by atoms with E-state index in [9.17, 15) is 14.9 Å². The Hall–Kier alpha value is -2.98. The van der Waals surface area contributed by atoms with Crippen molar-refractivity contribution in [3.8, 4) is 0 Å². The van der Waals surface area contributed by atoms with Gasteiger partial charge in [0.15, 0.2) is 0 Å². The molecule has 0 unspecified atom stereocenters. The lowest BCUT2D eigenvalue weighted by Crippen LogP contribution is -2.12. The molecule has 2 aromatic heterocycles. The van der Waals surface area contributed by atoms with Crippen molar-refractivity contribution in [3.05, 3.63) is 62.5 Å². The summed E-state index contributed by atoms with van der Waals surface area (Å²) in [5.41, 5.74) is 1.43. The molecule has 0 saturated carbocycles. The van der Waals surface area contributed by atoms with Gasteiger partial charge >= 0.3 is 5.00 Å². The van der Waals surface area contributed by atoms with Crippen LogP contribution in [0.1, 0.15) is 20.8 Å². The first-order valence-corrected chi connectivity index (χ1v) is 8.65. The number of amides is 1. The second-order valence-corrected chi connectivity index (χ2v) is 6.90. The van der Waals surface area contributed by atoms with Crippen LogP contribution >= 0.6 is 22.7 Å². The lowest BCUT2D eigenvalue weighted by atomic mass is 10.1. The van der Waals surface area contributed by atoms with Crippen LogP contribution in [0.2, 0.25) is 0 Å². The molecule has 3 aromatic rings. The summed E-state index contributed by atoms with van der Waals surface area (Å²) in [7, 11) is 0. The van der Waals surface area contributed by atoms with Crippen LogP contribution in [-0.2, 0) is 0 Å². The lowest BCUT2D eigenvalue weighted by molar-refractivity contribution is -0.380. The summed E-state index contributed by atoms with van der Waals surface area (Å²) in [4.78, 5) is 27.2. The van der Waals surface area contributed by atoms with Gasteiger partial charge in [-0.25, -0.2) is 4.99 Å². The highest BCUT2D eigenvalue weighted by molar-refractivity contribution is 7.19. The number of hydrogen-bond acceptors (Lipinski definition) is 8. The Morgan fingerprint density at radius 2 is 2.04 bits per heavy atom. The number of aryl methyl sites for hydroxylation is 1. The molecule has 0 spiro atoms. The Morgan fingerprint density at radius 3 is 2.76 bits per heavy atom. The van der Waals surface area contributed by atoms with Crippen molar-refractivity contribution in [3.63, 3.8) is 0 Å². The summed E-state index contributed by atoms with van der Waals surface area (Å²) in [5, 5.41) is 21.8. The molecule has 126 valence electrons. The number of hydrogen-bond donors (Lipinski definition) is 1. The number of rotatable bonds is 5. The van der Waals surface area contributed by atoms with Gasteiger partial charge in [0.05, 0.1) is 9.80 Å². The highest BCUT2D eigenvalue weighted by atomic mass is 32.1. The molecule has 8 nitrogen and oxygen atoms in total. The van der Waals surface area contributed by atoms with Crippen LogP contribution in [0.15, 0.2) is 41.4 Å². The Kier molecular flexibility index (Phi) is 4.91. The first kappa shape index (κ1) is 16.9. The van der Waals surface area contributed by atoms with Crippen molar-refractivity contribution >= 4 is 50.1 Å². The van der Waals surface area contributed by atoms with E-state index in [1.807, 2.05) is 19.1 Å². The SMILES string of the molecule is Cc1ccccc1C(=O)Nc1nnc(/N=C/c2ccc([N+](=O)[O-])s2)s1. The van der Waals surface area contributed by atoms with Crippen LogP contribution < -0.4 is 5.32 Å². The zero-order chi connectivity index (χ0) is 17.8. The first-order valence-electron chi connectivity index (χ1n) is 7.02. The fourth-order valence-electron chi connectivity index (χ4n) is 1.94. The number of benzene rings is 1. The van der Waals surface area contributed by atoms with E-state index < -0.39 is 4.92 Å². The summed E-state index contributed by atoms with van der Waals surface area (Å²) < 4.78 is 0. The van der Waals surface area contributed by atoms with Crippen LogP contribution in [0.4, 0.5) is 15.3 Å². The second kappa shape index (κ2) is 7.28. The third-order valence-electron chi connectivity index (χ3n) is 3.12. The Balaban J connectivity index is 1.68. The van der Waals surface area contributed by atoms with Gasteiger partial charge in [-0.15, -0.1) is 10.2 Å². The zero-order valence-electron chi connectivity index (χ0n) is 12.9. The minimum absolute atomic E-state index is 0.0462. The fourth-order valence-corrected chi connectivity index (χ4v) is 3.22. The number of nitrogens with zero attached hydrogens (tertiary/aromatic N) is 4. The molecular weight excluding hydrogens is 362 g/mol. The predicted octanol–water partition coefficient (Wildman–Crippen LogP) is 3.82. The number of aromatic nitrogens is 2. The number of aliphatic imine (C=N–C) groups is 1. The molecule has 0 radical (unpaired) electrons. The summed E-state index contributed by atoms with van der Waals surface area (Å²) in [6.07, 6.45) is 1.48. The van der Waals surface area contributed by atoms with Crippen LogP contribution in [0.3, 0.4) is 0 Å². The largest absolute Gasteiger partial charge is 0.324 e. The van der Waals surface area contributed by atoms with Crippen LogP contribution in [-0.4, -0.2) is 27.2 Å². The molecule has 0 atom stereocenters. The van der Waals surface area contributed by atoms with Gasteiger partial charge in [0.25, 0.3) is 5.91 Å². The minimum atomic E-state index is -0.452. The van der Waals surface area contributed by atoms with E-state index in [-0.39, 0.29) is 10.9 Å². The van der Waals surface area contributed by atoms with Crippen molar-refractivity contribution in [2.75, 3.05) is 5.32 Å². The zero-order valence-corrected chi connectivity index (χ0v) is 14.5. The Morgan fingerprint density at radius 1 is 1.24 bits per heavy atom. The van der Waals surface area contributed by atoms with Gasteiger partial charge in [-0.1, -0.05) is 40.9 Å². The average molecular weight is 373 g/mol. The normalized spacial score (nSPS) is 10.9. The van der Waals surface area contributed by atoms with Gasteiger partial charge in [0.2, 0.25) is 10.3 Å². The number of carbonyl (C=O) groups excluding carboxylic acids is 1. The van der Waals surface area contributed by atoms with Gasteiger partial charge in [0.1, 0.15) is 0 Å². The molecule has 1 aromatic carbocycles. The molecule has 2 heterocycles. The van der Waals surface area contributed by atoms with E-state index in [2.05, 4.69) is 20.5 Å². The second-order valence-electron chi connectivity index (χ2n) is 4.85.